The standard InChI is InChI=1S/C22H26F3N3O2/c1-3-18(26-2)20(29)28-19(13-12-15-8-5-4-6-9-15)21(30)27-17-11-7-10-16(14-17)22(23,24)25/h4-11,14,18-19,26H,3,12-13H2,1-2H3,(H,27,30)(H,28,29). The van der Waals surface area contributed by atoms with Gasteiger partial charge < -0.3 is 16.0 Å². The van der Waals surface area contributed by atoms with Crippen molar-refractivity contribution in [3.05, 3.63) is 65.7 Å². The van der Waals surface area contributed by atoms with Gasteiger partial charge in [-0.05, 0) is 50.1 Å². The number of carbonyl (C=O) groups excluding carboxylic acids is 2. The molecule has 2 rings (SSSR count). The van der Waals surface area contributed by atoms with Crippen LogP contribution in [0.5, 0.6) is 0 Å². The van der Waals surface area contributed by atoms with Crippen molar-refractivity contribution < 1.29 is 22.8 Å². The van der Waals surface area contributed by atoms with Crippen LogP contribution in [0, 0.1) is 0 Å². The highest BCUT2D eigenvalue weighted by Gasteiger charge is 2.31. The van der Waals surface area contributed by atoms with Crippen molar-refractivity contribution in [3.8, 4) is 0 Å². The number of rotatable bonds is 9. The Bertz CT molecular complexity index is 837. The molecule has 2 unspecified atom stereocenters. The largest absolute Gasteiger partial charge is 0.416 e. The van der Waals surface area contributed by atoms with Crippen molar-refractivity contribution >= 4 is 17.5 Å². The Morgan fingerprint density at radius 2 is 1.67 bits per heavy atom. The summed E-state index contributed by atoms with van der Waals surface area (Å²) in [6, 6.07) is 12.5. The van der Waals surface area contributed by atoms with Gasteiger partial charge in [0.25, 0.3) is 0 Å². The van der Waals surface area contributed by atoms with Crippen molar-refractivity contribution in [2.45, 2.75) is 44.4 Å². The van der Waals surface area contributed by atoms with E-state index in [1.807, 2.05) is 37.3 Å². The molecule has 0 aromatic heterocycles. The van der Waals surface area contributed by atoms with Gasteiger partial charge in [-0.25, -0.2) is 0 Å². The van der Waals surface area contributed by atoms with E-state index >= 15 is 0 Å². The van der Waals surface area contributed by atoms with Crippen LogP contribution in [0.15, 0.2) is 54.6 Å². The third-order valence-electron chi connectivity index (χ3n) is 4.73. The Balaban J connectivity index is 2.15. The van der Waals surface area contributed by atoms with Crippen LogP contribution in [0.25, 0.3) is 0 Å². The first kappa shape index (κ1) is 23.4. The summed E-state index contributed by atoms with van der Waals surface area (Å²) in [5.41, 5.74) is 0.158. The number of anilines is 1. The molecule has 2 atom stereocenters. The number of carbonyl (C=O) groups is 2. The van der Waals surface area contributed by atoms with E-state index in [9.17, 15) is 22.8 Å². The van der Waals surface area contributed by atoms with Crippen LogP contribution in [0.2, 0.25) is 0 Å². The number of hydrogen-bond acceptors (Lipinski definition) is 3. The fourth-order valence-corrected chi connectivity index (χ4v) is 3.02. The maximum atomic E-state index is 12.9. The second-order valence-electron chi connectivity index (χ2n) is 6.90. The molecule has 8 heteroatoms. The fraction of sp³-hybridized carbons (Fsp3) is 0.364. The SMILES string of the molecule is CCC(NC)C(=O)NC(CCc1ccccc1)C(=O)Nc1cccc(C(F)(F)F)c1. The number of aryl methyl sites for hydroxylation is 1. The molecular formula is C22H26F3N3O2. The summed E-state index contributed by atoms with van der Waals surface area (Å²) < 4.78 is 38.8. The van der Waals surface area contributed by atoms with Gasteiger partial charge in [-0.3, -0.25) is 9.59 Å². The van der Waals surface area contributed by atoms with Gasteiger partial charge in [0.1, 0.15) is 6.04 Å². The van der Waals surface area contributed by atoms with E-state index in [4.69, 9.17) is 0 Å². The summed E-state index contributed by atoms with van der Waals surface area (Å²) in [5.74, 6) is -0.901. The molecule has 0 radical (unpaired) electrons. The maximum absolute atomic E-state index is 12.9. The minimum Gasteiger partial charge on any atom is -0.343 e. The summed E-state index contributed by atoms with van der Waals surface area (Å²) in [4.78, 5) is 25.3. The van der Waals surface area contributed by atoms with Gasteiger partial charge in [-0.15, -0.1) is 0 Å². The molecule has 162 valence electrons. The molecule has 0 aliphatic heterocycles. The molecule has 0 aliphatic rings. The number of amides is 2. The van der Waals surface area contributed by atoms with E-state index in [1.165, 1.54) is 12.1 Å². The second kappa shape index (κ2) is 10.8. The van der Waals surface area contributed by atoms with Gasteiger partial charge in [0.05, 0.1) is 11.6 Å². The summed E-state index contributed by atoms with van der Waals surface area (Å²) in [7, 11) is 1.65. The molecule has 3 N–H and O–H groups in total. The van der Waals surface area contributed by atoms with E-state index < -0.39 is 29.7 Å². The van der Waals surface area contributed by atoms with Crippen molar-refractivity contribution in [2.75, 3.05) is 12.4 Å². The maximum Gasteiger partial charge on any atom is 0.416 e. The summed E-state index contributed by atoms with van der Waals surface area (Å²) in [6.45, 7) is 1.84. The van der Waals surface area contributed by atoms with Crippen LogP contribution in [0.1, 0.15) is 30.9 Å². The van der Waals surface area contributed by atoms with Crippen LogP contribution >= 0.6 is 0 Å². The van der Waals surface area contributed by atoms with E-state index in [0.717, 1.165) is 17.7 Å². The van der Waals surface area contributed by atoms with Crippen molar-refractivity contribution in [2.24, 2.45) is 0 Å². The van der Waals surface area contributed by atoms with Gasteiger partial charge in [0.15, 0.2) is 0 Å². The molecule has 0 bridgehead atoms. The molecule has 0 heterocycles. The number of alkyl halides is 3. The molecule has 5 nitrogen and oxygen atoms in total. The highest BCUT2D eigenvalue weighted by Crippen LogP contribution is 2.30. The Kier molecular flexibility index (Phi) is 8.41. The summed E-state index contributed by atoms with van der Waals surface area (Å²) in [5, 5.41) is 8.09. The van der Waals surface area contributed by atoms with Crippen LogP contribution < -0.4 is 16.0 Å². The Labute approximate surface area is 174 Å². The van der Waals surface area contributed by atoms with E-state index in [2.05, 4.69) is 16.0 Å². The Morgan fingerprint density at radius 1 is 0.967 bits per heavy atom. The number of nitrogens with one attached hydrogen (secondary N) is 3. The normalized spacial score (nSPS) is 13.4. The topological polar surface area (TPSA) is 70.2 Å². The molecular weight excluding hydrogens is 395 g/mol. The second-order valence-corrected chi connectivity index (χ2v) is 6.90. The molecule has 2 aromatic rings. The average molecular weight is 421 g/mol. The van der Waals surface area contributed by atoms with E-state index in [-0.39, 0.29) is 11.6 Å². The lowest BCUT2D eigenvalue weighted by Crippen LogP contribution is -2.50. The van der Waals surface area contributed by atoms with Gasteiger partial charge in [0, 0.05) is 5.69 Å². The first-order valence-electron chi connectivity index (χ1n) is 9.74. The fourth-order valence-electron chi connectivity index (χ4n) is 3.02. The molecule has 0 spiro atoms. The van der Waals surface area contributed by atoms with Gasteiger partial charge >= 0.3 is 6.18 Å². The predicted molar refractivity (Wildman–Crippen MR) is 110 cm³/mol. The van der Waals surface area contributed by atoms with Crippen LogP contribution in [-0.2, 0) is 22.2 Å². The molecule has 30 heavy (non-hydrogen) atoms. The van der Waals surface area contributed by atoms with E-state index in [1.54, 1.807) is 7.05 Å². The lowest BCUT2D eigenvalue weighted by atomic mass is 10.0. The molecule has 0 saturated heterocycles. The minimum absolute atomic E-state index is 0.0226. The first-order valence-corrected chi connectivity index (χ1v) is 9.74. The number of benzene rings is 2. The smallest absolute Gasteiger partial charge is 0.343 e. The zero-order valence-electron chi connectivity index (χ0n) is 16.9. The summed E-state index contributed by atoms with van der Waals surface area (Å²) >= 11 is 0. The lowest BCUT2D eigenvalue weighted by molar-refractivity contribution is -0.137. The minimum atomic E-state index is -4.51. The van der Waals surface area contributed by atoms with Crippen LogP contribution in [0.4, 0.5) is 18.9 Å². The van der Waals surface area contributed by atoms with Crippen LogP contribution in [-0.4, -0.2) is 30.9 Å². The van der Waals surface area contributed by atoms with Crippen molar-refractivity contribution in [3.63, 3.8) is 0 Å². The Hall–Kier alpha value is -2.87. The zero-order chi connectivity index (χ0) is 22.1. The van der Waals surface area contributed by atoms with Gasteiger partial charge in [-0.2, -0.15) is 13.2 Å². The van der Waals surface area contributed by atoms with Crippen LogP contribution in [0.3, 0.4) is 0 Å². The quantitative estimate of drug-likeness (QED) is 0.578. The number of halogens is 3. The van der Waals surface area contributed by atoms with Crippen molar-refractivity contribution in [1.29, 1.82) is 0 Å². The highest BCUT2D eigenvalue weighted by atomic mass is 19.4. The molecule has 0 fully saturated rings. The van der Waals surface area contributed by atoms with Gasteiger partial charge in [-0.1, -0.05) is 43.3 Å². The first-order chi connectivity index (χ1) is 14.2. The molecule has 0 aliphatic carbocycles. The highest BCUT2D eigenvalue weighted by molar-refractivity contribution is 5.97. The summed E-state index contributed by atoms with van der Waals surface area (Å²) in [6.07, 6.45) is -3.15. The zero-order valence-corrected chi connectivity index (χ0v) is 16.9. The molecule has 0 saturated carbocycles. The third-order valence-corrected chi connectivity index (χ3v) is 4.73. The third kappa shape index (κ3) is 6.88. The van der Waals surface area contributed by atoms with Gasteiger partial charge in [0.2, 0.25) is 11.8 Å². The Morgan fingerprint density at radius 3 is 2.27 bits per heavy atom. The molecule has 2 aromatic carbocycles. The lowest BCUT2D eigenvalue weighted by Gasteiger charge is -2.22. The molecule has 2 amide bonds. The monoisotopic (exact) mass is 421 g/mol. The van der Waals surface area contributed by atoms with E-state index in [0.29, 0.717) is 19.3 Å². The average Bonchev–Trinajstić information content (AvgIpc) is 2.72. The number of likely N-dealkylation sites (N-methyl/N-ethyl adjacent to an activating group) is 1. The predicted octanol–water partition coefficient (Wildman–Crippen LogP) is 3.76. The van der Waals surface area contributed by atoms with Crippen molar-refractivity contribution in [1.82, 2.24) is 10.6 Å². The number of hydrogen-bond donors (Lipinski definition) is 3.